The van der Waals surface area contributed by atoms with Gasteiger partial charge >= 0.3 is 0 Å². The van der Waals surface area contributed by atoms with E-state index in [0.717, 1.165) is 19.8 Å². The summed E-state index contributed by atoms with van der Waals surface area (Å²) < 4.78 is 5.73. The van der Waals surface area contributed by atoms with Crippen LogP contribution in [0.5, 0.6) is 0 Å². The Hall–Kier alpha value is 0.270. The van der Waals surface area contributed by atoms with Crippen LogP contribution in [-0.4, -0.2) is 36.8 Å². The molecule has 0 spiro atoms. The van der Waals surface area contributed by atoms with Gasteiger partial charge in [0.2, 0.25) is 0 Å². The lowest BCUT2D eigenvalue weighted by Crippen LogP contribution is -2.47. The predicted octanol–water partition coefficient (Wildman–Crippen LogP) is 3.31. The lowest BCUT2D eigenvalue weighted by Gasteiger charge is -2.39. The maximum Gasteiger partial charge on any atom is 0.0534 e. The Balaban J connectivity index is 2.46. The second kappa shape index (κ2) is 7.01. The van der Waals surface area contributed by atoms with Crippen molar-refractivity contribution in [3.05, 3.63) is 0 Å². The molecule has 1 aliphatic heterocycles. The van der Waals surface area contributed by atoms with Crippen molar-refractivity contribution >= 4 is 11.8 Å². The highest BCUT2D eigenvalue weighted by Crippen LogP contribution is 2.33. The zero-order valence-electron chi connectivity index (χ0n) is 12.0. The number of rotatable bonds is 6. The summed E-state index contributed by atoms with van der Waals surface area (Å²) in [6.45, 7) is 12.0. The number of hydrogen-bond donors (Lipinski definition) is 1. The van der Waals surface area contributed by atoms with Crippen LogP contribution in [0.3, 0.4) is 0 Å². The molecule has 1 N–H and O–H groups in total. The number of hydrogen-bond acceptors (Lipinski definition) is 3. The molecular formula is C14H29NOS. The maximum atomic E-state index is 5.73. The van der Waals surface area contributed by atoms with Crippen molar-refractivity contribution < 1.29 is 4.74 Å². The van der Waals surface area contributed by atoms with Crippen molar-refractivity contribution in [2.45, 2.75) is 52.5 Å². The summed E-state index contributed by atoms with van der Waals surface area (Å²) in [6, 6.07) is 0. The van der Waals surface area contributed by atoms with Gasteiger partial charge in [-0.3, -0.25) is 0 Å². The van der Waals surface area contributed by atoms with Gasteiger partial charge in [0.1, 0.15) is 0 Å². The lowest BCUT2D eigenvalue weighted by atomic mass is 9.79. The van der Waals surface area contributed by atoms with E-state index in [1.54, 1.807) is 0 Å². The normalized spacial score (nSPS) is 26.1. The number of thioether (sulfide) groups is 1. The molecule has 0 aliphatic carbocycles. The highest BCUT2D eigenvalue weighted by atomic mass is 32.2. The summed E-state index contributed by atoms with van der Waals surface area (Å²) in [4.78, 5) is 0. The predicted molar refractivity (Wildman–Crippen MR) is 77.9 cm³/mol. The summed E-state index contributed by atoms with van der Waals surface area (Å²) >= 11 is 2.05. The second-order valence-corrected chi connectivity index (χ2v) is 7.60. The number of ether oxygens (including phenoxy) is 1. The van der Waals surface area contributed by atoms with E-state index in [-0.39, 0.29) is 5.54 Å². The van der Waals surface area contributed by atoms with Crippen LogP contribution in [0, 0.1) is 5.41 Å². The largest absolute Gasteiger partial charge is 0.381 e. The topological polar surface area (TPSA) is 21.3 Å². The smallest absolute Gasteiger partial charge is 0.0534 e. The molecule has 3 heteroatoms. The SMILES string of the molecule is CCSCCC1(CNC(C)(C)C)CCCOC1. The molecule has 0 aromatic rings. The van der Waals surface area contributed by atoms with Crippen LogP contribution in [0.2, 0.25) is 0 Å². The Kier molecular flexibility index (Phi) is 6.32. The van der Waals surface area contributed by atoms with Gasteiger partial charge in [0.25, 0.3) is 0 Å². The molecule has 1 atom stereocenters. The highest BCUT2D eigenvalue weighted by Gasteiger charge is 2.33. The monoisotopic (exact) mass is 259 g/mol. The molecule has 0 aromatic heterocycles. The van der Waals surface area contributed by atoms with Crippen molar-refractivity contribution in [1.29, 1.82) is 0 Å². The van der Waals surface area contributed by atoms with Crippen LogP contribution < -0.4 is 5.32 Å². The molecule has 0 bridgehead atoms. The molecule has 0 radical (unpaired) electrons. The minimum atomic E-state index is 0.211. The molecule has 0 amide bonds. The molecule has 0 aromatic carbocycles. The first kappa shape index (κ1) is 15.3. The van der Waals surface area contributed by atoms with Crippen molar-refractivity contribution in [1.82, 2.24) is 5.32 Å². The first-order chi connectivity index (χ1) is 7.97. The third kappa shape index (κ3) is 6.12. The fourth-order valence-electron chi connectivity index (χ4n) is 2.22. The quantitative estimate of drug-likeness (QED) is 0.739. The first-order valence-corrected chi connectivity index (χ1v) is 8.03. The molecular weight excluding hydrogens is 230 g/mol. The molecule has 1 rings (SSSR count). The van der Waals surface area contributed by atoms with Crippen LogP contribution in [0.15, 0.2) is 0 Å². The van der Waals surface area contributed by atoms with Crippen LogP contribution in [0.1, 0.15) is 47.0 Å². The number of nitrogens with one attached hydrogen (secondary N) is 1. The van der Waals surface area contributed by atoms with Gasteiger partial charge < -0.3 is 10.1 Å². The van der Waals surface area contributed by atoms with Crippen molar-refractivity contribution in [2.75, 3.05) is 31.3 Å². The van der Waals surface area contributed by atoms with Gasteiger partial charge in [-0.15, -0.1) is 0 Å². The molecule has 1 heterocycles. The van der Waals surface area contributed by atoms with Gasteiger partial charge in [-0.2, -0.15) is 11.8 Å². The molecule has 1 fully saturated rings. The minimum absolute atomic E-state index is 0.211. The van der Waals surface area contributed by atoms with E-state index in [2.05, 4.69) is 44.8 Å². The van der Waals surface area contributed by atoms with Gasteiger partial charge in [-0.1, -0.05) is 6.92 Å². The Morgan fingerprint density at radius 1 is 1.35 bits per heavy atom. The molecule has 2 nitrogen and oxygen atoms in total. The average molecular weight is 259 g/mol. The van der Waals surface area contributed by atoms with E-state index in [0.29, 0.717) is 5.41 Å². The third-order valence-corrected chi connectivity index (χ3v) is 4.28. The van der Waals surface area contributed by atoms with E-state index in [9.17, 15) is 0 Å². The minimum Gasteiger partial charge on any atom is -0.381 e. The van der Waals surface area contributed by atoms with E-state index >= 15 is 0 Å². The van der Waals surface area contributed by atoms with Crippen LogP contribution in [0.25, 0.3) is 0 Å². The molecule has 0 saturated carbocycles. The van der Waals surface area contributed by atoms with Gasteiger partial charge in [0.15, 0.2) is 0 Å². The van der Waals surface area contributed by atoms with Crippen LogP contribution in [0.4, 0.5) is 0 Å². The highest BCUT2D eigenvalue weighted by molar-refractivity contribution is 7.99. The molecule has 1 saturated heterocycles. The Morgan fingerprint density at radius 3 is 2.65 bits per heavy atom. The Labute approximate surface area is 111 Å². The van der Waals surface area contributed by atoms with E-state index in [4.69, 9.17) is 4.74 Å². The van der Waals surface area contributed by atoms with E-state index in [1.807, 2.05) is 0 Å². The van der Waals surface area contributed by atoms with Crippen molar-refractivity contribution in [3.63, 3.8) is 0 Å². The average Bonchev–Trinajstić information content (AvgIpc) is 2.28. The third-order valence-electron chi connectivity index (χ3n) is 3.38. The fraction of sp³-hybridized carbons (Fsp3) is 1.00. The second-order valence-electron chi connectivity index (χ2n) is 6.21. The fourth-order valence-corrected chi connectivity index (χ4v) is 3.09. The summed E-state index contributed by atoms with van der Waals surface area (Å²) in [5.41, 5.74) is 0.593. The molecule has 102 valence electrons. The first-order valence-electron chi connectivity index (χ1n) is 6.88. The van der Waals surface area contributed by atoms with E-state index in [1.165, 1.54) is 30.8 Å². The summed E-state index contributed by atoms with van der Waals surface area (Å²) in [5.74, 6) is 2.50. The van der Waals surface area contributed by atoms with Gasteiger partial charge in [-0.25, -0.2) is 0 Å². The summed E-state index contributed by atoms with van der Waals surface area (Å²) in [7, 11) is 0. The Morgan fingerprint density at radius 2 is 2.12 bits per heavy atom. The van der Waals surface area contributed by atoms with Crippen LogP contribution >= 0.6 is 11.8 Å². The maximum absolute atomic E-state index is 5.73. The molecule has 1 aliphatic rings. The zero-order valence-corrected chi connectivity index (χ0v) is 12.8. The molecule has 17 heavy (non-hydrogen) atoms. The van der Waals surface area contributed by atoms with Gasteiger partial charge in [-0.05, 0) is 51.5 Å². The van der Waals surface area contributed by atoms with Crippen LogP contribution in [-0.2, 0) is 4.74 Å². The standard InChI is InChI=1S/C14H29NOS/c1-5-17-10-8-14(7-6-9-16-12-14)11-15-13(2,3)4/h15H,5-12H2,1-4H3. The summed E-state index contributed by atoms with van der Waals surface area (Å²) in [6.07, 6.45) is 3.83. The lowest BCUT2D eigenvalue weighted by molar-refractivity contribution is -0.0115. The molecule has 1 unspecified atom stereocenters. The Bertz CT molecular complexity index is 207. The van der Waals surface area contributed by atoms with Gasteiger partial charge in [0.05, 0.1) is 6.61 Å². The van der Waals surface area contributed by atoms with E-state index < -0.39 is 0 Å². The van der Waals surface area contributed by atoms with Gasteiger partial charge in [0, 0.05) is 24.1 Å². The summed E-state index contributed by atoms with van der Waals surface area (Å²) in [5, 5.41) is 3.67. The van der Waals surface area contributed by atoms with Crippen molar-refractivity contribution in [3.8, 4) is 0 Å². The van der Waals surface area contributed by atoms with Crippen molar-refractivity contribution in [2.24, 2.45) is 5.41 Å². The zero-order chi connectivity index (χ0) is 12.8.